The number of benzene rings is 1. The number of nitrogens with zero attached hydrogens (tertiary/aromatic N) is 3. The molecule has 7 heteroatoms. The van der Waals surface area contributed by atoms with E-state index < -0.39 is 0 Å². The molecule has 1 aliphatic rings. The fourth-order valence-corrected chi connectivity index (χ4v) is 3.33. The Hall–Kier alpha value is -1.06. The molecule has 28 heavy (non-hydrogen) atoms. The summed E-state index contributed by atoms with van der Waals surface area (Å²) in [7, 11) is 1.83. The Kier molecular flexibility index (Phi) is 13.3. The van der Waals surface area contributed by atoms with Crippen LogP contribution < -0.4 is 15.5 Å². The van der Waals surface area contributed by atoms with Crippen molar-refractivity contribution in [2.24, 2.45) is 4.99 Å². The third-order valence-corrected chi connectivity index (χ3v) is 5.06. The highest BCUT2D eigenvalue weighted by Crippen LogP contribution is 2.16. The average molecular weight is 503 g/mol. The highest BCUT2D eigenvalue weighted by atomic mass is 127. The number of hydrogen-bond donors (Lipinski definition) is 2. The second-order valence-electron chi connectivity index (χ2n) is 6.99. The molecule has 1 unspecified atom stereocenters. The molecule has 1 saturated heterocycles. The molecule has 2 N–H and O–H groups in total. The zero-order chi connectivity index (χ0) is 19.3. The smallest absolute Gasteiger partial charge is 0.191 e. The van der Waals surface area contributed by atoms with Gasteiger partial charge in [-0.3, -0.25) is 9.89 Å². The number of anilines is 1. The summed E-state index contributed by atoms with van der Waals surface area (Å²) in [4.78, 5) is 9.36. The molecule has 1 aromatic carbocycles. The third-order valence-electron chi connectivity index (χ3n) is 5.06. The van der Waals surface area contributed by atoms with E-state index in [-0.39, 0.29) is 24.0 Å². The average Bonchev–Trinajstić information content (AvgIpc) is 2.73. The molecule has 0 bridgehead atoms. The van der Waals surface area contributed by atoms with E-state index in [0.717, 1.165) is 71.3 Å². The van der Waals surface area contributed by atoms with Crippen molar-refractivity contribution in [3.63, 3.8) is 0 Å². The molecule has 160 valence electrons. The third kappa shape index (κ3) is 8.96. The summed E-state index contributed by atoms with van der Waals surface area (Å²) in [5, 5.41) is 6.85. The minimum Gasteiger partial charge on any atom is -0.382 e. The lowest BCUT2D eigenvalue weighted by molar-refractivity contribution is 0.143. The van der Waals surface area contributed by atoms with Crippen LogP contribution in [0, 0.1) is 0 Å². The van der Waals surface area contributed by atoms with Crippen LogP contribution in [0.15, 0.2) is 35.3 Å². The number of hydrogen-bond acceptors (Lipinski definition) is 4. The van der Waals surface area contributed by atoms with Gasteiger partial charge < -0.3 is 20.3 Å². The van der Waals surface area contributed by atoms with Gasteiger partial charge in [-0.1, -0.05) is 18.2 Å². The van der Waals surface area contributed by atoms with Gasteiger partial charge in [0.1, 0.15) is 0 Å². The molecule has 1 heterocycles. The van der Waals surface area contributed by atoms with Crippen molar-refractivity contribution in [1.29, 1.82) is 0 Å². The van der Waals surface area contributed by atoms with Crippen LogP contribution in [-0.2, 0) is 4.74 Å². The maximum absolute atomic E-state index is 5.37. The van der Waals surface area contributed by atoms with Gasteiger partial charge in [-0.05, 0) is 38.8 Å². The van der Waals surface area contributed by atoms with E-state index in [1.54, 1.807) is 0 Å². The second-order valence-corrected chi connectivity index (χ2v) is 6.99. The van der Waals surface area contributed by atoms with E-state index in [4.69, 9.17) is 4.74 Å². The van der Waals surface area contributed by atoms with Gasteiger partial charge in [0.15, 0.2) is 5.96 Å². The normalized spacial score (nSPS) is 16.4. The molecule has 6 nitrogen and oxygen atoms in total. The number of aliphatic imine (C=N–C) groups is 1. The Morgan fingerprint density at radius 1 is 1.11 bits per heavy atom. The Labute approximate surface area is 188 Å². The summed E-state index contributed by atoms with van der Waals surface area (Å²) < 4.78 is 5.37. The molecule has 0 saturated carbocycles. The van der Waals surface area contributed by atoms with Crippen molar-refractivity contribution in [3.8, 4) is 0 Å². The quantitative estimate of drug-likeness (QED) is 0.223. The van der Waals surface area contributed by atoms with Crippen molar-refractivity contribution in [2.75, 3.05) is 64.4 Å². The lowest BCUT2D eigenvalue weighted by Gasteiger charge is -2.39. The number of rotatable bonds is 10. The highest BCUT2D eigenvalue weighted by Gasteiger charge is 2.21. The Morgan fingerprint density at radius 3 is 2.46 bits per heavy atom. The van der Waals surface area contributed by atoms with E-state index in [0.29, 0.717) is 6.04 Å². The van der Waals surface area contributed by atoms with E-state index >= 15 is 0 Å². The van der Waals surface area contributed by atoms with Crippen molar-refractivity contribution in [3.05, 3.63) is 30.3 Å². The first-order chi connectivity index (χ1) is 13.2. The Balaban J connectivity index is 0.00000392. The van der Waals surface area contributed by atoms with E-state index in [9.17, 15) is 0 Å². The number of guanidine groups is 1. The molecule has 1 aliphatic heterocycles. The molecule has 1 aromatic rings. The standard InChI is InChI=1S/C21H37N5O.HI/c1-4-27-17-9-8-12-23-21(22-3)24-18-19(2)25-13-15-26(16-14-25)20-10-6-5-7-11-20;/h5-7,10-11,19H,4,8-9,12-18H2,1-3H3,(H2,22,23,24);1H. The minimum absolute atomic E-state index is 0. The van der Waals surface area contributed by atoms with Crippen LogP contribution in [0.4, 0.5) is 5.69 Å². The topological polar surface area (TPSA) is 52.1 Å². The largest absolute Gasteiger partial charge is 0.382 e. The monoisotopic (exact) mass is 503 g/mol. The first-order valence-corrected chi connectivity index (χ1v) is 10.3. The summed E-state index contributed by atoms with van der Waals surface area (Å²) in [5.74, 6) is 0.890. The summed E-state index contributed by atoms with van der Waals surface area (Å²) in [6.07, 6.45) is 2.18. The Bertz CT molecular complexity index is 535. The SMILES string of the molecule is CCOCCCCNC(=NC)NCC(C)N1CCN(c2ccccc2)CC1.I. The van der Waals surface area contributed by atoms with Gasteiger partial charge in [-0.2, -0.15) is 0 Å². The van der Waals surface area contributed by atoms with E-state index in [2.05, 4.69) is 62.7 Å². The van der Waals surface area contributed by atoms with Gasteiger partial charge in [-0.25, -0.2) is 0 Å². The summed E-state index contributed by atoms with van der Waals surface area (Å²) in [6.45, 7) is 12.2. The molecule has 0 aliphatic carbocycles. The zero-order valence-electron chi connectivity index (χ0n) is 17.7. The number of para-hydroxylation sites is 1. The zero-order valence-corrected chi connectivity index (χ0v) is 20.0. The molecular weight excluding hydrogens is 465 g/mol. The molecule has 0 spiro atoms. The van der Waals surface area contributed by atoms with Gasteiger partial charge in [0.2, 0.25) is 0 Å². The number of piperazine rings is 1. The van der Waals surface area contributed by atoms with Gasteiger partial charge in [0.05, 0.1) is 0 Å². The van der Waals surface area contributed by atoms with Gasteiger partial charge in [0, 0.05) is 71.3 Å². The predicted molar refractivity (Wildman–Crippen MR) is 130 cm³/mol. The summed E-state index contributed by atoms with van der Waals surface area (Å²) in [5.41, 5.74) is 1.33. The molecule has 1 fully saturated rings. The number of unbranched alkanes of at least 4 members (excludes halogenated alkanes) is 1. The van der Waals surface area contributed by atoms with Crippen LogP contribution in [0.5, 0.6) is 0 Å². The highest BCUT2D eigenvalue weighted by molar-refractivity contribution is 14.0. The molecule has 0 radical (unpaired) electrons. The van der Waals surface area contributed by atoms with Gasteiger partial charge in [-0.15, -0.1) is 24.0 Å². The molecule has 1 atom stereocenters. The number of ether oxygens (including phenoxy) is 1. The lowest BCUT2D eigenvalue weighted by Crippen LogP contribution is -2.53. The summed E-state index contributed by atoms with van der Waals surface area (Å²) >= 11 is 0. The Morgan fingerprint density at radius 2 is 1.82 bits per heavy atom. The first-order valence-electron chi connectivity index (χ1n) is 10.3. The first kappa shape index (κ1) is 25.0. The van der Waals surface area contributed by atoms with Crippen LogP contribution in [0.1, 0.15) is 26.7 Å². The van der Waals surface area contributed by atoms with Crippen molar-refractivity contribution < 1.29 is 4.74 Å². The van der Waals surface area contributed by atoms with E-state index in [1.807, 2.05) is 14.0 Å². The van der Waals surface area contributed by atoms with Gasteiger partial charge in [0.25, 0.3) is 0 Å². The van der Waals surface area contributed by atoms with Crippen LogP contribution in [0.2, 0.25) is 0 Å². The van der Waals surface area contributed by atoms with Crippen LogP contribution in [-0.4, -0.2) is 76.4 Å². The maximum Gasteiger partial charge on any atom is 0.191 e. The minimum atomic E-state index is 0. The molecular formula is C21H38IN5O. The second kappa shape index (κ2) is 14.9. The molecule has 0 amide bonds. The lowest BCUT2D eigenvalue weighted by atomic mass is 10.2. The fourth-order valence-electron chi connectivity index (χ4n) is 3.33. The van der Waals surface area contributed by atoms with Crippen LogP contribution in [0.25, 0.3) is 0 Å². The summed E-state index contributed by atoms with van der Waals surface area (Å²) in [6, 6.07) is 11.2. The molecule has 0 aromatic heterocycles. The number of nitrogens with one attached hydrogen (secondary N) is 2. The van der Waals surface area contributed by atoms with E-state index in [1.165, 1.54) is 5.69 Å². The predicted octanol–water partition coefficient (Wildman–Crippen LogP) is 2.80. The van der Waals surface area contributed by atoms with Crippen molar-refractivity contribution >= 4 is 35.6 Å². The van der Waals surface area contributed by atoms with Crippen LogP contribution in [0.3, 0.4) is 0 Å². The molecule has 2 rings (SSSR count). The maximum atomic E-state index is 5.37. The van der Waals surface area contributed by atoms with Crippen molar-refractivity contribution in [1.82, 2.24) is 15.5 Å². The van der Waals surface area contributed by atoms with Crippen LogP contribution >= 0.6 is 24.0 Å². The van der Waals surface area contributed by atoms with Crippen molar-refractivity contribution in [2.45, 2.75) is 32.7 Å². The fraction of sp³-hybridized carbons (Fsp3) is 0.667. The van der Waals surface area contributed by atoms with Gasteiger partial charge >= 0.3 is 0 Å². The number of halogens is 1.